The molecule has 1 saturated heterocycles. The van der Waals surface area contributed by atoms with E-state index in [1.54, 1.807) is 0 Å². The fourth-order valence-corrected chi connectivity index (χ4v) is 2.37. The van der Waals surface area contributed by atoms with Gasteiger partial charge in [0.1, 0.15) is 0 Å². The van der Waals surface area contributed by atoms with Crippen molar-refractivity contribution in [3.63, 3.8) is 0 Å². The molecule has 0 aromatic rings. The third kappa shape index (κ3) is 5.52. The molecule has 1 aliphatic rings. The summed E-state index contributed by atoms with van der Waals surface area (Å²) in [4.78, 5) is 16.1. The molecule has 1 heterocycles. The highest BCUT2D eigenvalue weighted by Gasteiger charge is 2.23. The molecule has 2 amide bonds. The first-order valence-corrected chi connectivity index (χ1v) is 7.23. The zero-order chi connectivity index (χ0) is 14.3. The summed E-state index contributed by atoms with van der Waals surface area (Å²) in [5.74, 6) is 3.35. The van der Waals surface area contributed by atoms with Crippen LogP contribution in [0.3, 0.4) is 0 Å². The summed E-state index contributed by atoms with van der Waals surface area (Å²) >= 11 is 0. The number of terminal acetylenes is 1. The van der Waals surface area contributed by atoms with Crippen molar-refractivity contribution in [3.8, 4) is 12.3 Å². The molecule has 0 bridgehead atoms. The lowest BCUT2D eigenvalue weighted by Gasteiger charge is -2.33. The number of nitrogens with zero attached hydrogens (tertiary/aromatic N) is 2. The molecular weight excluding hydrogens is 238 g/mol. The number of rotatable bonds is 5. The molecule has 19 heavy (non-hydrogen) atoms. The van der Waals surface area contributed by atoms with E-state index in [-0.39, 0.29) is 12.1 Å². The van der Waals surface area contributed by atoms with Gasteiger partial charge in [-0.05, 0) is 52.2 Å². The van der Waals surface area contributed by atoms with Gasteiger partial charge >= 0.3 is 6.03 Å². The van der Waals surface area contributed by atoms with Gasteiger partial charge in [-0.2, -0.15) is 0 Å². The Morgan fingerprint density at radius 3 is 2.58 bits per heavy atom. The molecule has 1 fully saturated rings. The molecule has 0 spiro atoms. The molecule has 0 saturated carbocycles. The van der Waals surface area contributed by atoms with Gasteiger partial charge in [-0.15, -0.1) is 6.42 Å². The maximum absolute atomic E-state index is 12.0. The summed E-state index contributed by atoms with van der Waals surface area (Å²) in [6, 6.07) is -0.144. The molecule has 4 nitrogen and oxygen atoms in total. The first kappa shape index (κ1) is 15.8. The van der Waals surface area contributed by atoms with Gasteiger partial charge in [0, 0.05) is 13.1 Å². The quantitative estimate of drug-likeness (QED) is 0.769. The first-order chi connectivity index (χ1) is 9.06. The zero-order valence-corrected chi connectivity index (χ0v) is 12.5. The summed E-state index contributed by atoms with van der Waals surface area (Å²) in [5.41, 5.74) is 0. The predicted octanol–water partition coefficient (Wildman–Crippen LogP) is 1.77. The monoisotopic (exact) mass is 265 g/mol. The molecular formula is C15H27N3O. The number of hydrogen-bond donors (Lipinski definition) is 1. The number of hydrogen-bond acceptors (Lipinski definition) is 2. The Balaban J connectivity index is 2.29. The van der Waals surface area contributed by atoms with Crippen molar-refractivity contribution in [1.82, 2.24) is 15.1 Å². The van der Waals surface area contributed by atoms with Crippen LogP contribution in [0.5, 0.6) is 0 Å². The van der Waals surface area contributed by atoms with Crippen LogP contribution in [0.15, 0.2) is 0 Å². The van der Waals surface area contributed by atoms with Crippen LogP contribution in [-0.4, -0.2) is 55.6 Å². The topological polar surface area (TPSA) is 35.6 Å². The van der Waals surface area contributed by atoms with Crippen molar-refractivity contribution in [2.24, 2.45) is 5.92 Å². The third-order valence-electron chi connectivity index (χ3n) is 3.79. The lowest BCUT2D eigenvalue weighted by molar-refractivity contribution is 0.163. The van der Waals surface area contributed by atoms with Crippen molar-refractivity contribution in [3.05, 3.63) is 0 Å². The van der Waals surface area contributed by atoms with Crippen LogP contribution in [-0.2, 0) is 0 Å². The minimum Gasteiger partial charge on any atom is -0.325 e. The Kier molecular flexibility index (Phi) is 6.72. The highest BCUT2D eigenvalue weighted by molar-refractivity contribution is 5.75. The lowest BCUT2D eigenvalue weighted by Crippen LogP contribution is -2.47. The third-order valence-corrected chi connectivity index (χ3v) is 3.79. The van der Waals surface area contributed by atoms with Crippen LogP contribution in [0, 0.1) is 18.3 Å². The average Bonchev–Trinajstić information content (AvgIpc) is 2.42. The van der Waals surface area contributed by atoms with Gasteiger partial charge in [0.15, 0.2) is 0 Å². The predicted molar refractivity (Wildman–Crippen MR) is 78.9 cm³/mol. The normalized spacial score (nSPS) is 18.2. The van der Waals surface area contributed by atoms with Gasteiger partial charge in [0.05, 0.1) is 6.04 Å². The molecule has 0 aromatic carbocycles. The Morgan fingerprint density at radius 1 is 1.47 bits per heavy atom. The summed E-state index contributed by atoms with van der Waals surface area (Å²) in [5, 5.41) is 2.89. The molecule has 1 atom stereocenters. The number of nitrogens with one attached hydrogen (secondary N) is 1. The molecule has 1 N–H and O–H groups in total. The number of piperidine rings is 1. The van der Waals surface area contributed by atoms with Crippen LogP contribution in [0.4, 0.5) is 4.79 Å². The summed E-state index contributed by atoms with van der Waals surface area (Å²) in [7, 11) is 4.21. The minimum atomic E-state index is -0.140. The van der Waals surface area contributed by atoms with Crippen LogP contribution >= 0.6 is 0 Å². The molecule has 4 heteroatoms. The van der Waals surface area contributed by atoms with Crippen LogP contribution < -0.4 is 5.32 Å². The molecule has 1 aliphatic heterocycles. The maximum Gasteiger partial charge on any atom is 0.318 e. The molecule has 0 aliphatic carbocycles. The second-order valence-corrected chi connectivity index (χ2v) is 5.60. The summed E-state index contributed by atoms with van der Waals surface area (Å²) in [6.45, 7) is 4.82. The molecule has 0 aromatic heterocycles. The van der Waals surface area contributed by atoms with Gasteiger partial charge in [-0.3, -0.25) is 0 Å². The van der Waals surface area contributed by atoms with E-state index in [0.717, 1.165) is 44.8 Å². The van der Waals surface area contributed by atoms with Crippen LogP contribution in [0.1, 0.15) is 32.6 Å². The van der Waals surface area contributed by atoms with Crippen molar-refractivity contribution in [1.29, 1.82) is 0 Å². The molecule has 1 rings (SSSR count). The highest BCUT2D eigenvalue weighted by atomic mass is 16.2. The fraction of sp³-hybridized carbons (Fsp3) is 0.800. The first-order valence-electron chi connectivity index (χ1n) is 7.23. The minimum absolute atomic E-state index is 0.00383. The second-order valence-electron chi connectivity index (χ2n) is 5.60. The van der Waals surface area contributed by atoms with Crippen molar-refractivity contribution in [2.45, 2.75) is 38.6 Å². The van der Waals surface area contributed by atoms with E-state index in [4.69, 9.17) is 6.42 Å². The lowest BCUT2D eigenvalue weighted by atomic mass is 9.93. The Morgan fingerprint density at radius 2 is 2.11 bits per heavy atom. The average molecular weight is 265 g/mol. The smallest absolute Gasteiger partial charge is 0.318 e. The molecule has 0 radical (unpaired) electrons. The number of amides is 2. The Labute approximate surface area is 117 Å². The van der Waals surface area contributed by atoms with Gasteiger partial charge in [-0.1, -0.05) is 12.8 Å². The van der Waals surface area contributed by atoms with Gasteiger partial charge in [-0.25, -0.2) is 4.79 Å². The van der Waals surface area contributed by atoms with E-state index < -0.39 is 0 Å². The van der Waals surface area contributed by atoms with Gasteiger partial charge in [0.2, 0.25) is 0 Å². The van der Waals surface area contributed by atoms with Crippen molar-refractivity contribution >= 4 is 6.03 Å². The zero-order valence-electron chi connectivity index (χ0n) is 12.5. The van der Waals surface area contributed by atoms with E-state index in [0.29, 0.717) is 0 Å². The van der Waals surface area contributed by atoms with Gasteiger partial charge < -0.3 is 15.1 Å². The second kappa shape index (κ2) is 8.06. The highest BCUT2D eigenvalue weighted by Crippen LogP contribution is 2.20. The summed E-state index contributed by atoms with van der Waals surface area (Å²) < 4.78 is 0. The number of carbonyl (C=O) groups excluding carboxylic acids is 1. The van der Waals surface area contributed by atoms with Gasteiger partial charge in [0.25, 0.3) is 0 Å². The van der Waals surface area contributed by atoms with Crippen LogP contribution in [0.2, 0.25) is 0 Å². The maximum atomic E-state index is 12.0. The SMILES string of the molecule is C#CC(CC)NC(=O)N1CCC(CCN(C)C)CC1. The van der Waals surface area contributed by atoms with Crippen molar-refractivity contribution < 1.29 is 4.79 Å². The Bertz CT molecular complexity index is 314. The molecule has 1 unspecified atom stereocenters. The van der Waals surface area contributed by atoms with E-state index >= 15 is 0 Å². The number of carbonyl (C=O) groups is 1. The van der Waals surface area contributed by atoms with E-state index in [9.17, 15) is 4.79 Å². The largest absolute Gasteiger partial charge is 0.325 e. The fourth-order valence-electron chi connectivity index (χ4n) is 2.37. The van der Waals surface area contributed by atoms with E-state index in [1.165, 1.54) is 6.42 Å². The summed E-state index contributed by atoms with van der Waals surface area (Å²) in [6.07, 6.45) is 9.58. The van der Waals surface area contributed by atoms with E-state index in [2.05, 4.69) is 30.2 Å². The number of urea groups is 1. The molecule has 108 valence electrons. The number of likely N-dealkylation sites (tertiary alicyclic amines) is 1. The van der Waals surface area contributed by atoms with Crippen molar-refractivity contribution in [2.75, 3.05) is 33.7 Å². The van der Waals surface area contributed by atoms with Crippen LogP contribution in [0.25, 0.3) is 0 Å². The van der Waals surface area contributed by atoms with E-state index in [1.807, 2.05) is 11.8 Å². The Hall–Kier alpha value is -1.21. The standard InChI is InChI=1S/C15H27N3O/c1-5-14(6-2)16-15(19)18-11-8-13(9-12-18)7-10-17(3)4/h1,13-14H,6-12H2,2-4H3,(H,16,19).